The average molecular weight is 381 g/mol. The molecule has 0 aromatic carbocycles. The molecule has 0 saturated heterocycles. The van der Waals surface area contributed by atoms with Crippen LogP contribution in [0.15, 0.2) is 49.2 Å². The highest BCUT2D eigenvalue weighted by atomic mass is 79.9. The number of hydrogen-bond acceptors (Lipinski definition) is 7. The van der Waals surface area contributed by atoms with E-state index in [-0.39, 0.29) is 12.5 Å². The smallest absolute Gasteiger partial charge is 0.331 e. The lowest BCUT2D eigenvalue weighted by Gasteiger charge is -1.96. The summed E-state index contributed by atoms with van der Waals surface area (Å²) in [5.41, 5.74) is 0. The minimum atomic E-state index is -0.525. The molecular formula is C14H9BrN2O4S. The molecule has 0 aliphatic rings. The number of carbonyl (C=O) groups is 1. The van der Waals surface area contributed by atoms with E-state index in [0.29, 0.717) is 16.3 Å². The summed E-state index contributed by atoms with van der Waals surface area (Å²) < 4.78 is 16.2. The van der Waals surface area contributed by atoms with Crippen molar-refractivity contribution in [2.45, 2.75) is 6.61 Å². The van der Waals surface area contributed by atoms with Crippen LogP contribution in [0.1, 0.15) is 11.7 Å². The molecule has 0 N–H and O–H groups in total. The van der Waals surface area contributed by atoms with Crippen molar-refractivity contribution >= 4 is 39.3 Å². The Morgan fingerprint density at radius 3 is 2.95 bits per heavy atom. The number of ether oxygens (including phenoxy) is 1. The molecule has 0 aliphatic heterocycles. The summed E-state index contributed by atoms with van der Waals surface area (Å²) in [6, 6.07) is 7.22. The first-order valence-electron chi connectivity index (χ1n) is 6.17. The van der Waals surface area contributed by atoms with Crippen LogP contribution < -0.4 is 0 Å². The summed E-state index contributed by atoms with van der Waals surface area (Å²) in [7, 11) is 0. The molecule has 0 bridgehead atoms. The number of hydrogen-bond donors (Lipinski definition) is 0. The topological polar surface area (TPSA) is 78.4 Å². The van der Waals surface area contributed by atoms with Crippen LogP contribution in [-0.2, 0) is 16.1 Å². The van der Waals surface area contributed by atoms with Gasteiger partial charge in [0.05, 0.1) is 4.88 Å². The molecule has 22 heavy (non-hydrogen) atoms. The highest BCUT2D eigenvalue weighted by molar-refractivity contribution is 9.10. The van der Waals surface area contributed by atoms with Gasteiger partial charge in [0.15, 0.2) is 11.3 Å². The number of furan rings is 1. The predicted molar refractivity (Wildman–Crippen MR) is 82.8 cm³/mol. The highest BCUT2D eigenvalue weighted by Gasteiger charge is 2.10. The maximum absolute atomic E-state index is 11.6. The Kier molecular flexibility index (Phi) is 4.50. The van der Waals surface area contributed by atoms with Gasteiger partial charge in [0.25, 0.3) is 11.8 Å². The van der Waals surface area contributed by atoms with Crippen molar-refractivity contribution in [1.29, 1.82) is 0 Å². The van der Waals surface area contributed by atoms with Gasteiger partial charge in [0.1, 0.15) is 5.76 Å². The van der Waals surface area contributed by atoms with E-state index in [1.165, 1.54) is 23.5 Å². The van der Waals surface area contributed by atoms with E-state index in [9.17, 15) is 4.79 Å². The van der Waals surface area contributed by atoms with E-state index in [1.54, 1.807) is 12.1 Å². The number of thiophene rings is 1. The number of nitrogens with zero attached hydrogens (tertiary/aromatic N) is 2. The summed E-state index contributed by atoms with van der Waals surface area (Å²) in [6.45, 7) is -0.0800. The summed E-state index contributed by atoms with van der Waals surface area (Å²) in [5.74, 6) is 0.674. The van der Waals surface area contributed by atoms with Crippen LogP contribution in [0.4, 0.5) is 0 Å². The first-order valence-corrected chi connectivity index (χ1v) is 7.84. The van der Waals surface area contributed by atoms with Crippen molar-refractivity contribution in [1.82, 2.24) is 10.2 Å². The van der Waals surface area contributed by atoms with Gasteiger partial charge in [0.2, 0.25) is 0 Å². The van der Waals surface area contributed by atoms with Gasteiger partial charge in [-0.1, -0.05) is 6.07 Å². The van der Waals surface area contributed by atoms with Gasteiger partial charge in [0, 0.05) is 6.08 Å². The normalized spacial score (nSPS) is 11.1. The standard InChI is InChI=1S/C14H9BrN2O4S/c15-11-5-3-9(20-11)4-6-13(18)19-8-12-16-17-14(21-12)10-2-1-7-22-10/h1-7H,8H2/b6-4+. The summed E-state index contributed by atoms with van der Waals surface area (Å²) in [6.07, 6.45) is 2.78. The van der Waals surface area contributed by atoms with Gasteiger partial charge in [-0.2, -0.15) is 0 Å². The van der Waals surface area contributed by atoms with Crippen LogP contribution in [0.3, 0.4) is 0 Å². The molecule has 0 unspecified atom stereocenters. The van der Waals surface area contributed by atoms with Crippen molar-refractivity contribution in [2.75, 3.05) is 0 Å². The van der Waals surface area contributed by atoms with E-state index < -0.39 is 5.97 Å². The van der Waals surface area contributed by atoms with E-state index in [2.05, 4.69) is 26.1 Å². The van der Waals surface area contributed by atoms with E-state index in [0.717, 1.165) is 4.88 Å². The molecule has 0 spiro atoms. The van der Waals surface area contributed by atoms with Crippen molar-refractivity contribution < 1.29 is 18.4 Å². The van der Waals surface area contributed by atoms with Crippen LogP contribution in [0.5, 0.6) is 0 Å². The van der Waals surface area contributed by atoms with Gasteiger partial charge in [-0.15, -0.1) is 21.5 Å². The fourth-order valence-corrected chi connectivity index (χ4v) is 2.52. The van der Waals surface area contributed by atoms with Crippen LogP contribution in [0.25, 0.3) is 16.8 Å². The van der Waals surface area contributed by atoms with E-state index >= 15 is 0 Å². The lowest BCUT2D eigenvalue weighted by molar-refractivity contribution is -0.139. The van der Waals surface area contributed by atoms with Gasteiger partial charge >= 0.3 is 5.97 Å². The molecule has 0 fully saturated rings. The van der Waals surface area contributed by atoms with Gasteiger partial charge in [-0.25, -0.2) is 4.79 Å². The molecule has 0 amide bonds. The lowest BCUT2D eigenvalue weighted by Crippen LogP contribution is -2.00. The SMILES string of the molecule is O=C(/C=C/c1ccc(Br)o1)OCc1nnc(-c2cccs2)o1. The van der Waals surface area contributed by atoms with Crippen LogP contribution in [0, 0.1) is 0 Å². The van der Waals surface area contributed by atoms with E-state index in [4.69, 9.17) is 13.6 Å². The zero-order valence-corrected chi connectivity index (χ0v) is 13.5. The number of halogens is 1. The Morgan fingerprint density at radius 1 is 1.32 bits per heavy atom. The van der Waals surface area contributed by atoms with Gasteiger partial charge in [-0.3, -0.25) is 0 Å². The Hall–Kier alpha value is -2.19. The predicted octanol–water partition coefficient (Wildman–Crippen LogP) is 3.91. The molecule has 6 nitrogen and oxygen atoms in total. The Balaban J connectivity index is 1.54. The Labute approximate surface area is 137 Å². The zero-order valence-electron chi connectivity index (χ0n) is 11.1. The molecule has 0 atom stereocenters. The third-order valence-corrected chi connectivity index (χ3v) is 3.80. The maximum Gasteiger partial charge on any atom is 0.331 e. The fraction of sp³-hybridized carbons (Fsp3) is 0.0714. The number of rotatable bonds is 5. The quantitative estimate of drug-likeness (QED) is 0.493. The highest BCUT2D eigenvalue weighted by Crippen LogP contribution is 2.23. The second kappa shape index (κ2) is 6.71. The fourth-order valence-electron chi connectivity index (χ4n) is 1.56. The average Bonchev–Trinajstić information content (AvgIpc) is 3.23. The lowest BCUT2D eigenvalue weighted by atomic mass is 10.4. The molecule has 8 heteroatoms. The number of carbonyl (C=O) groups excluding carboxylic acids is 1. The summed E-state index contributed by atoms with van der Waals surface area (Å²) in [5, 5.41) is 9.64. The Morgan fingerprint density at radius 2 is 2.23 bits per heavy atom. The molecule has 0 aliphatic carbocycles. The minimum Gasteiger partial charge on any atom is -0.452 e. The molecular weight excluding hydrogens is 372 g/mol. The molecule has 0 radical (unpaired) electrons. The third-order valence-electron chi connectivity index (χ3n) is 2.51. The van der Waals surface area contributed by atoms with Gasteiger partial charge < -0.3 is 13.6 Å². The van der Waals surface area contributed by atoms with E-state index in [1.807, 2.05) is 17.5 Å². The van der Waals surface area contributed by atoms with Crippen LogP contribution >= 0.6 is 27.3 Å². The van der Waals surface area contributed by atoms with Crippen molar-refractivity contribution in [3.8, 4) is 10.8 Å². The molecule has 3 heterocycles. The second-order valence-corrected chi connectivity index (χ2v) is 5.79. The molecule has 3 aromatic rings. The van der Waals surface area contributed by atoms with Crippen molar-refractivity contribution in [3.63, 3.8) is 0 Å². The number of esters is 1. The minimum absolute atomic E-state index is 0.0800. The van der Waals surface area contributed by atoms with Crippen molar-refractivity contribution in [2.24, 2.45) is 0 Å². The number of aromatic nitrogens is 2. The van der Waals surface area contributed by atoms with Crippen LogP contribution in [-0.4, -0.2) is 16.2 Å². The zero-order chi connectivity index (χ0) is 15.4. The van der Waals surface area contributed by atoms with Gasteiger partial charge in [-0.05, 0) is 45.6 Å². The monoisotopic (exact) mass is 380 g/mol. The summed E-state index contributed by atoms with van der Waals surface area (Å²) >= 11 is 4.67. The molecule has 3 rings (SSSR count). The largest absolute Gasteiger partial charge is 0.452 e. The Bertz CT molecular complexity index is 791. The third kappa shape index (κ3) is 3.71. The molecule has 112 valence electrons. The first-order chi connectivity index (χ1) is 10.7. The molecule has 3 aromatic heterocycles. The second-order valence-electron chi connectivity index (χ2n) is 4.06. The summed E-state index contributed by atoms with van der Waals surface area (Å²) in [4.78, 5) is 12.5. The van der Waals surface area contributed by atoms with Crippen LogP contribution in [0.2, 0.25) is 0 Å². The van der Waals surface area contributed by atoms with Crippen molar-refractivity contribution in [3.05, 3.63) is 52.0 Å². The first kappa shape index (κ1) is 14.7. The molecule has 0 saturated carbocycles. The maximum atomic E-state index is 11.6.